The van der Waals surface area contributed by atoms with Crippen LogP contribution in [0.5, 0.6) is 0 Å². The van der Waals surface area contributed by atoms with Crippen molar-refractivity contribution in [3.63, 3.8) is 0 Å². The first-order valence-electron chi connectivity index (χ1n) is 3.50. The fourth-order valence-corrected chi connectivity index (χ4v) is 0.507. The lowest BCUT2D eigenvalue weighted by atomic mass is 9.90. The molecule has 0 aromatic heterocycles. The summed E-state index contributed by atoms with van der Waals surface area (Å²) in [6, 6.07) is 0. The van der Waals surface area contributed by atoms with Crippen LogP contribution >= 0.6 is 0 Å². The molecule has 64 valence electrons. The lowest BCUT2D eigenvalue weighted by molar-refractivity contribution is -0.134. The normalized spacial score (nSPS) is 13.3. The Morgan fingerprint density at radius 3 is 2.36 bits per heavy atom. The molecule has 2 nitrogen and oxygen atoms in total. The third-order valence-electron chi connectivity index (χ3n) is 1.63. The van der Waals surface area contributed by atoms with Crippen LogP contribution in [0.3, 0.4) is 0 Å². The Kier molecular flexibility index (Phi) is 3.23. The highest BCUT2D eigenvalue weighted by molar-refractivity contribution is 5.83. The number of hydrogen-bond donors (Lipinski definition) is 1. The summed E-state index contributed by atoms with van der Waals surface area (Å²) in [7, 11) is 0. The first-order valence-corrected chi connectivity index (χ1v) is 3.50. The molecule has 0 radical (unpaired) electrons. The molecule has 0 aromatic carbocycles. The first kappa shape index (κ1) is 10.1. The molecule has 0 heterocycles. The van der Waals surface area contributed by atoms with Gasteiger partial charge in [0.2, 0.25) is 5.83 Å². The molecule has 1 N–H and O–H groups in total. The van der Waals surface area contributed by atoms with Crippen molar-refractivity contribution >= 4 is 5.97 Å². The van der Waals surface area contributed by atoms with Crippen molar-refractivity contribution in [2.75, 3.05) is 0 Å². The number of hydrogen-bond acceptors (Lipinski definition) is 1. The van der Waals surface area contributed by atoms with Crippen LogP contribution in [0, 0.1) is 5.41 Å². The van der Waals surface area contributed by atoms with Gasteiger partial charge in [-0.2, -0.15) is 4.39 Å². The lowest BCUT2D eigenvalue weighted by Gasteiger charge is -2.16. The zero-order valence-electron chi connectivity index (χ0n) is 7.02. The molecule has 0 atom stereocenters. The minimum absolute atomic E-state index is 0.373. The number of allylic oxidation sites excluding steroid dienone is 1. The van der Waals surface area contributed by atoms with Crippen molar-refractivity contribution in [1.82, 2.24) is 0 Å². The van der Waals surface area contributed by atoms with Crippen molar-refractivity contribution in [2.24, 2.45) is 5.41 Å². The topological polar surface area (TPSA) is 37.3 Å². The molecule has 0 fully saturated rings. The van der Waals surface area contributed by atoms with E-state index in [9.17, 15) is 9.18 Å². The van der Waals surface area contributed by atoms with Crippen molar-refractivity contribution in [3.8, 4) is 0 Å². The van der Waals surface area contributed by atoms with Crippen LogP contribution in [0.25, 0.3) is 0 Å². The van der Waals surface area contributed by atoms with Crippen molar-refractivity contribution in [3.05, 3.63) is 11.9 Å². The van der Waals surface area contributed by atoms with Gasteiger partial charge in [0.05, 0.1) is 0 Å². The van der Waals surface area contributed by atoms with Crippen LogP contribution < -0.4 is 0 Å². The number of carboxylic acid groups (broad SMARTS) is 1. The van der Waals surface area contributed by atoms with E-state index in [1.807, 2.05) is 6.92 Å². The Morgan fingerprint density at radius 2 is 2.09 bits per heavy atom. The van der Waals surface area contributed by atoms with Crippen LogP contribution in [0.4, 0.5) is 4.39 Å². The minimum Gasteiger partial charge on any atom is -0.476 e. The van der Waals surface area contributed by atoms with Crippen molar-refractivity contribution in [1.29, 1.82) is 0 Å². The monoisotopic (exact) mass is 160 g/mol. The minimum atomic E-state index is -1.49. The molecule has 0 rings (SSSR count). The molecule has 0 aliphatic heterocycles. The van der Waals surface area contributed by atoms with Gasteiger partial charge < -0.3 is 5.11 Å². The first-order chi connectivity index (χ1) is 4.89. The van der Waals surface area contributed by atoms with E-state index in [0.717, 1.165) is 6.08 Å². The molecule has 0 spiro atoms. The maximum absolute atomic E-state index is 12.5. The van der Waals surface area contributed by atoms with Crippen LogP contribution in [0.15, 0.2) is 11.9 Å². The predicted octanol–water partition coefficient (Wildman–Crippen LogP) is 2.36. The summed E-state index contributed by atoms with van der Waals surface area (Å²) in [5.41, 5.74) is -0.373. The predicted molar refractivity (Wildman–Crippen MR) is 40.9 cm³/mol. The molecule has 0 aliphatic carbocycles. The van der Waals surface area contributed by atoms with Gasteiger partial charge in [-0.15, -0.1) is 0 Å². The molecule has 0 saturated heterocycles. The van der Waals surface area contributed by atoms with E-state index in [-0.39, 0.29) is 5.41 Å². The molecule has 11 heavy (non-hydrogen) atoms. The maximum Gasteiger partial charge on any atom is 0.364 e. The van der Waals surface area contributed by atoms with E-state index in [1.54, 1.807) is 13.8 Å². The van der Waals surface area contributed by atoms with Gasteiger partial charge in [-0.25, -0.2) is 4.79 Å². The Labute approximate surface area is 65.7 Å². The molecule has 0 unspecified atom stereocenters. The van der Waals surface area contributed by atoms with Crippen LogP contribution in [0.2, 0.25) is 0 Å². The van der Waals surface area contributed by atoms with Gasteiger partial charge in [0, 0.05) is 0 Å². The summed E-state index contributed by atoms with van der Waals surface area (Å²) in [4.78, 5) is 10.0. The SMILES string of the molecule is CCC(C)(C)/C=C(/F)C(=O)O. The van der Waals surface area contributed by atoms with Gasteiger partial charge >= 0.3 is 5.97 Å². The molecule has 3 heteroatoms. The Morgan fingerprint density at radius 1 is 1.64 bits per heavy atom. The highest BCUT2D eigenvalue weighted by atomic mass is 19.1. The molecule has 0 aliphatic rings. The third-order valence-corrected chi connectivity index (χ3v) is 1.63. The number of carboxylic acids is 1. The summed E-state index contributed by atoms with van der Waals surface area (Å²) >= 11 is 0. The van der Waals surface area contributed by atoms with E-state index in [0.29, 0.717) is 6.42 Å². The van der Waals surface area contributed by atoms with Gasteiger partial charge in [0.15, 0.2) is 0 Å². The molecular weight excluding hydrogens is 147 g/mol. The number of halogens is 1. The van der Waals surface area contributed by atoms with Crippen LogP contribution in [-0.2, 0) is 4.79 Å². The number of carbonyl (C=O) groups is 1. The summed E-state index contributed by atoms with van der Waals surface area (Å²) in [5, 5.41) is 8.20. The smallest absolute Gasteiger partial charge is 0.364 e. The summed E-state index contributed by atoms with van der Waals surface area (Å²) in [6.45, 7) is 5.46. The fraction of sp³-hybridized carbons (Fsp3) is 0.625. The van der Waals surface area contributed by atoms with E-state index in [2.05, 4.69) is 0 Å². The number of rotatable bonds is 3. The van der Waals surface area contributed by atoms with E-state index in [1.165, 1.54) is 0 Å². The highest BCUT2D eigenvalue weighted by Gasteiger charge is 2.16. The van der Waals surface area contributed by atoms with Gasteiger partial charge in [-0.1, -0.05) is 20.8 Å². The molecule has 0 amide bonds. The largest absolute Gasteiger partial charge is 0.476 e. The summed E-state index contributed by atoms with van der Waals surface area (Å²) in [5.74, 6) is -2.57. The maximum atomic E-state index is 12.5. The van der Waals surface area contributed by atoms with Crippen molar-refractivity contribution < 1.29 is 14.3 Å². The average molecular weight is 160 g/mol. The second-order valence-electron chi connectivity index (χ2n) is 3.14. The van der Waals surface area contributed by atoms with Crippen LogP contribution in [-0.4, -0.2) is 11.1 Å². The number of aliphatic carboxylic acids is 1. The van der Waals surface area contributed by atoms with E-state index in [4.69, 9.17) is 5.11 Å². The zero-order valence-corrected chi connectivity index (χ0v) is 7.02. The lowest BCUT2D eigenvalue weighted by Crippen LogP contribution is -2.08. The fourth-order valence-electron chi connectivity index (χ4n) is 0.507. The standard InChI is InChI=1S/C8H13FO2/c1-4-8(2,3)5-6(9)7(10)11/h5H,4H2,1-3H3,(H,10,11)/b6-5+. The highest BCUT2D eigenvalue weighted by Crippen LogP contribution is 2.23. The van der Waals surface area contributed by atoms with Crippen molar-refractivity contribution in [2.45, 2.75) is 27.2 Å². The molecule has 0 aromatic rings. The Bertz CT molecular complexity index is 183. The van der Waals surface area contributed by atoms with E-state index < -0.39 is 11.8 Å². The van der Waals surface area contributed by atoms with E-state index >= 15 is 0 Å². The second-order valence-corrected chi connectivity index (χ2v) is 3.14. The van der Waals surface area contributed by atoms with Gasteiger partial charge in [0.25, 0.3) is 0 Å². The van der Waals surface area contributed by atoms with Gasteiger partial charge in [-0.3, -0.25) is 0 Å². The zero-order chi connectivity index (χ0) is 9.07. The van der Waals surface area contributed by atoms with Gasteiger partial charge in [-0.05, 0) is 17.9 Å². The summed E-state index contributed by atoms with van der Waals surface area (Å²) < 4.78 is 12.5. The molecule has 0 bridgehead atoms. The average Bonchev–Trinajstić information content (AvgIpc) is 1.87. The Balaban J connectivity index is 4.41. The second kappa shape index (κ2) is 3.51. The third kappa shape index (κ3) is 3.75. The molecule has 0 saturated carbocycles. The van der Waals surface area contributed by atoms with Crippen LogP contribution in [0.1, 0.15) is 27.2 Å². The summed E-state index contributed by atoms with van der Waals surface area (Å²) in [6.07, 6.45) is 1.85. The van der Waals surface area contributed by atoms with Gasteiger partial charge in [0.1, 0.15) is 0 Å². The molecular formula is C8H13FO2. The quantitative estimate of drug-likeness (QED) is 0.643. The Hall–Kier alpha value is -0.860.